The number of hydrogen-bond donors (Lipinski definition) is 4. The molecule has 1 aliphatic rings. The summed E-state index contributed by atoms with van der Waals surface area (Å²) in [6, 6.07) is 16.6. The number of anilines is 5. The van der Waals surface area contributed by atoms with Crippen molar-refractivity contribution in [1.82, 2.24) is 20.2 Å². The van der Waals surface area contributed by atoms with Gasteiger partial charge >= 0.3 is 0 Å². The summed E-state index contributed by atoms with van der Waals surface area (Å²) in [5, 5.41) is 13.4. The van der Waals surface area contributed by atoms with Gasteiger partial charge in [0, 0.05) is 61.5 Å². The Bertz CT molecular complexity index is 1040. The largest absolute Gasteiger partial charge is 0.362 e. The molecule has 3 aromatic rings. The van der Waals surface area contributed by atoms with E-state index in [9.17, 15) is 0 Å². The zero-order valence-electron chi connectivity index (χ0n) is 18.7. The first kappa shape index (κ1) is 21.8. The van der Waals surface area contributed by atoms with Crippen LogP contribution in [0.2, 0.25) is 0 Å². The highest BCUT2D eigenvalue weighted by molar-refractivity contribution is 5.66. The Morgan fingerprint density at radius 1 is 1.00 bits per heavy atom. The highest BCUT2D eigenvalue weighted by Gasteiger charge is 2.10. The molecule has 1 fully saturated rings. The normalized spacial score (nSPS) is 14.4. The molecule has 4 N–H and O–H groups in total. The Hall–Kier alpha value is -3.42. The van der Waals surface area contributed by atoms with Crippen LogP contribution < -0.4 is 21.3 Å². The lowest BCUT2D eigenvalue weighted by Crippen LogP contribution is -2.42. The standard InChI is InChI=1S/C25H31N7/c1-3-11-27-22-5-4-6-23(16-22)29-24-19(2)17-28-25(31-24)30-21-9-7-20(8-10-21)18-32-14-12-26-13-15-32/h3-11,16-17,26-27H,12-15,18H2,1-2H3,(H2,28,29,30,31)/b11-3-. The third-order valence-electron chi connectivity index (χ3n) is 5.34. The summed E-state index contributed by atoms with van der Waals surface area (Å²) in [6.07, 6.45) is 5.70. The van der Waals surface area contributed by atoms with Crippen molar-refractivity contribution in [1.29, 1.82) is 0 Å². The van der Waals surface area contributed by atoms with E-state index < -0.39 is 0 Å². The van der Waals surface area contributed by atoms with Gasteiger partial charge in [-0.05, 0) is 55.9 Å². The van der Waals surface area contributed by atoms with Crippen LogP contribution in [-0.4, -0.2) is 41.0 Å². The molecule has 2 heterocycles. The Morgan fingerprint density at radius 2 is 1.78 bits per heavy atom. The molecular weight excluding hydrogens is 398 g/mol. The first-order chi connectivity index (χ1) is 15.7. The zero-order valence-corrected chi connectivity index (χ0v) is 18.7. The fourth-order valence-electron chi connectivity index (χ4n) is 3.58. The summed E-state index contributed by atoms with van der Waals surface area (Å²) >= 11 is 0. The lowest BCUT2D eigenvalue weighted by molar-refractivity contribution is 0.233. The summed E-state index contributed by atoms with van der Waals surface area (Å²) < 4.78 is 0. The molecule has 7 nitrogen and oxygen atoms in total. The molecule has 166 valence electrons. The molecule has 32 heavy (non-hydrogen) atoms. The van der Waals surface area contributed by atoms with Crippen LogP contribution in [0.1, 0.15) is 18.1 Å². The van der Waals surface area contributed by atoms with Crippen LogP contribution in [0.15, 0.2) is 67.0 Å². The highest BCUT2D eigenvalue weighted by Crippen LogP contribution is 2.23. The lowest BCUT2D eigenvalue weighted by atomic mass is 10.2. The van der Waals surface area contributed by atoms with Gasteiger partial charge in [0.15, 0.2) is 0 Å². The zero-order chi connectivity index (χ0) is 22.2. The molecule has 0 bridgehead atoms. The monoisotopic (exact) mass is 429 g/mol. The van der Waals surface area contributed by atoms with Crippen molar-refractivity contribution < 1.29 is 0 Å². The topological polar surface area (TPSA) is 77.1 Å². The summed E-state index contributed by atoms with van der Waals surface area (Å²) in [5.74, 6) is 1.34. The minimum atomic E-state index is 0.566. The number of piperazine rings is 1. The molecule has 0 spiro atoms. The van der Waals surface area contributed by atoms with E-state index in [1.54, 1.807) is 0 Å². The van der Waals surface area contributed by atoms with Crippen molar-refractivity contribution in [3.63, 3.8) is 0 Å². The van der Waals surface area contributed by atoms with E-state index in [2.05, 4.69) is 60.4 Å². The number of aromatic nitrogens is 2. The Kier molecular flexibility index (Phi) is 7.32. The quantitative estimate of drug-likeness (QED) is 0.416. The molecule has 4 rings (SSSR count). The van der Waals surface area contributed by atoms with Gasteiger partial charge in [-0.1, -0.05) is 24.3 Å². The van der Waals surface area contributed by atoms with Gasteiger partial charge in [-0.25, -0.2) is 4.98 Å². The van der Waals surface area contributed by atoms with Crippen LogP contribution in [-0.2, 0) is 6.54 Å². The minimum absolute atomic E-state index is 0.566. The van der Waals surface area contributed by atoms with Crippen molar-refractivity contribution >= 4 is 28.8 Å². The van der Waals surface area contributed by atoms with Gasteiger partial charge in [-0.15, -0.1) is 0 Å². The number of benzene rings is 2. The number of allylic oxidation sites excluding steroid dienone is 1. The molecule has 1 aromatic heterocycles. The molecule has 2 aromatic carbocycles. The van der Waals surface area contributed by atoms with E-state index in [0.29, 0.717) is 5.95 Å². The summed E-state index contributed by atoms with van der Waals surface area (Å²) in [7, 11) is 0. The van der Waals surface area contributed by atoms with Gasteiger partial charge in [0.25, 0.3) is 0 Å². The predicted octanol–water partition coefficient (Wildman–Crippen LogP) is 4.62. The number of nitrogens with one attached hydrogen (secondary N) is 4. The summed E-state index contributed by atoms with van der Waals surface area (Å²) in [4.78, 5) is 11.6. The van der Waals surface area contributed by atoms with Gasteiger partial charge in [-0.2, -0.15) is 4.98 Å². The SMILES string of the molecule is C/C=C\Nc1cccc(Nc2nc(Nc3ccc(CN4CCNCC4)cc3)ncc2C)c1. The second kappa shape index (κ2) is 10.7. The Morgan fingerprint density at radius 3 is 2.56 bits per heavy atom. The first-order valence-corrected chi connectivity index (χ1v) is 11.1. The first-order valence-electron chi connectivity index (χ1n) is 11.1. The third kappa shape index (κ3) is 6.06. The van der Waals surface area contributed by atoms with E-state index in [1.165, 1.54) is 5.56 Å². The van der Waals surface area contributed by atoms with Crippen LogP contribution >= 0.6 is 0 Å². The molecule has 0 amide bonds. The molecule has 1 aliphatic heterocycles. The molecule has 0 aliphatic carbocycles. The highest BCUT2D eigenvalue weighted by atomic mass is 15.2. The van der Waals surface area contributed by atoms with Gasteiger partial charge in [0.1, 0.15) is 5.82 Å². The van der Waals surface area contributed by atoms with Crippen molar-refractivity contribution in [2.45, 2.75) is 20.4 Å². The summed E-state index contributed by atoms with van der Waals surface area (Å²) in [5.41, 5.74) is 5.25. The minimum Gasteiger partial charge on any atom is -0.362 e. The molecule has 0 saturated carbocycles. The van der Waals surface area contributed by atoms with Crippen molar-refractivity contribution in [2.75, 3.05) is 42.1 Å². The Labute approximate surface area is 190 Å². The molecular formula is C25H31N7. The second-order valence-electron chi connectivity index (χ2n) is 7.92. The predicted molar refractivity (Wildman–Crippen MR) is 133 cm³/mol. The van der Waals surface area contributed by atoms with E-state index in [1.807, 2.05) is 56.6 Å². The fourth-order valence-corrected chi connectivity index (χ4v) is 3.58. The van der Waals surface area contributed by atoms with Crippen molar-refractivity contribution in [2.24, 2.45) is 0 Å². The van der Waals surface area contributed by atoms with Gasteiger partial charge in [0.2, 0.25) is 5.95 Å². The maximum Gasteiger partial charge on any atom is 0.229 e. The number of aryl methyl sites for hydroxylation is 1. The maximum absolute atomic E-state index is 4.69. The maximum atomic E-state index is 4.69. The number of nitrogens with zero attached hydrogens (tertiary/aromatic N) is 3. The van der Waals surface area contributed by atoms with Gasteiger partial charge in [-0.3, -0.25) is 4.90 Å². The average molecular weight is 430 g/mol. The molecule has 0 unspecified atom stereocenters. The van der Waals surface area contributed by atoms with Crippen molar-refractivity contribution in [3.05, 3.63) is 78.1 Å². The summed E-state index contributed by atoms with van der Waals surface area (Å²) in [6.45, 7) is 9.29. The van der Waals surface area contributed by atoms with E-state index in [4.69, 9.17) is 0 Å². The molecule has 0 atom stereocenters. The van der Waals surface area contributed by atoms with E-state index in [0.717, 1.165) is 61.2 Å². The molecule has 1 saturated heterocycles. The third-order valence-corrected chi connectivity index (χ3v) is 5.34. The van der Waals surface area contributed by atoms with Crippen LogP contribution in [0.25, 0.3) is 0 Å². The van der Waals surface area contributed by atoms with E-state index in [-0.39, 0.29) is 0 Å². The lowest BCUT2D eigenvalue weighted by Gasteiger charge is -2.27. The van der Waals surface area contributed by atoms with Crippen molar-refractivity contribution in [3.8, 4) is 0 Å². The van der Waals surface area contributed by atoms with Crippen LogP contribution in [0.4, 0.5) is 28.8 Å². The van der Waals surface area contributed by atoms with Crippen LogP contribution in [0.3, 0.4) is 0 Å². The van der Waals surface area contributed by atoms with Crippen LogP contribution in [0, 0.1) is 6.92 Å². The molecule has 7 heteroatoms. The van der Waals surface area contributed by atoms with Gasteiger partial charge in [0.05, 0.1) is 0 Å². The average Bonchev–Trinajstić information content (AvgIpc) is 2.82. The van der Waals surface area contributed by atoms with Crippen LogP contribution in [0.5, 0.6) is 0 Å². The fraction of sp³-hybridized carbons (Fsp3) is 0.280. The Balaban J connectivity index is 1.41. The van der Waals surface area contributed by atoms with Gasteiger partial charge < -0.3 is 21.3 Å². The number of hydrogen-bond acceptors (Lipinski definition) is 7. The second-order valence-corrected chi connectivity index (χ2v) is 7.92. The van der Waals surface area contributed by atoms with E-state index >= 15 is 0 Å². The number of rotatable bonds is 8. The smallest absolute Gasteiger partial charge is 0.229 e. The molecule has 0 radical (unpaired) electrons.